The first-order valence-electron chi connectivity index (χ1n) is 5.68. The van der Waals surface area contributed by atoms with Gasteiger partial charge in [-0.3, -0.25) is 5.32 Å². The molecule has 0 aliphatic rings. The number of aryl methyl sites for hydroxylation is 2. The molecule has 0 aliphatic carbocycles. The standard InChI is InChI=1S/C13H13ClN2O2S/c1-8-12(9(2)19-16-8)15-13(17)18-7-10-5-3-4-6-11(10)14/h3-6H,7H2,1-2H3,(H,15,17). The third kappa shape index (κ3) is 3.45. The third-order valence-electron chi connectivity index (χ3n) is 2.58. The molecule has 0 fully saturated rings. The van der Waals surface area contributed by atoms with Gasteiger partial charge in [-0.2, -0.15) is 4.37 Å². The summed E-state index contributed by atoms with van der Waals surface area (Å²) >= 11 is 7.33. The molecule has 1 N–H and O–H groups in total. The van der Waals surface area contributed by atoms with E-state index in [1.807, 2.05) is 32.0 Å². The van der Waals surface area contributed by atoms with Gasteiger partial charge in [0.15, 0.2) is 0 Å². The minimum Gasteiger partial charge on any atom is -0.444 e. The van der Waals surface area contributed by atoms with Gasteiger partial charge in [0.1, 0.15) is 6.61 Å². The highest BCUT2D eigenvalue weighted by atomic mass is 35.5. The molecule has 19 heavy (non-hydrogen) atoms. The molecule has 100 valence electrons. The number of carbonyl (C=O) groups excluding carboxylic acids is 1. The molecule has 0 radical (unpaired) electrons. The van der Waals surface area contributed by atoms with Crippen LogP contribution in [0.25, 0.3) is 0 Å². The monoisotopic (exact) mass is 296 g/mol. The van der Waals surface area contributed by atoms with Gasteiger partial charge in [-0.1, -0.05) is 29.8 Å². The number of ether oxygens (including phenoxy) is 1. The van der Waals surface area contributed by atoms with Crippen LogP contribution >= 0.6 is 23.1 Å². The van der Waals surface area contributed by atoms with Gasteiger partial charge in [0, 0.05) is 15.5 Å². The van der Waals surface area contributed by atoms with Crippen LogP contribution in [0.5, 0.6) is 0 Å². The smallest absolute Gasteiger partial charge is 0.412 e. The fourth-order valence-electron chi connectivity index (χ4n) is 1.56. The van der Waals surface area contributed by atoms with Crippen molar-refractivity contribution >= 4 is 34.9 Å². The van der Waals surface area contributed by atoms with Crippen molar-refractivity contribution in [2.75, 3.05) is 5.32 Å². The fraction of sp³-hybridized carbons (Fsp3) is 0.231. The highest BCUT2D eigenvalue weighted by Crippen LogP contribution is 2.23. The van der Waals surface area contributed by atoms with Crippen molar-refractivity contribution < 1.29 is 9.53 Å². The van der Waals surface area contributed by atoms with Crippen LogP contribution in [0.4, 0.5) is 10.5 Å². The first kappa shape index (κ1) is 13.8. The highest BCUT2D eigenvalue weighted by molar-refractivity contribution is 7.06. The van der Waals surface area contributed by atoms with E-state index in [1.54, 1.807) is 6.07 Å². The van der Waals surface area contributed by atoms with Crippen LogP contribution in [-0.2, 0) is 11.3 Å². The van der Waals surface area contributed by atoms with Crippen molar-refractivity contribution in [1.29, 1.82) is 0 Å². The number of nitrogens with one attached hydrogen (secondary N) is 1. The molecule has 1 heterocycles. The van der Waals surface area contributed by atoms with Crippen molar-refractivity contribution in [1.82, 2.24) is 4.37 Å². The molecule has 1 amide bonds. The summed E-state index contributed by atoms with van der Waals surface area (Å²) in [5.74, 6) is 0. The van der Waals surface area contributed by atoms with E-state index < -0.39 is 6.09 Å². The molecule has 1 aromatic heterocycles. The van der Waals surface area contributed by atoms with Crippen LogP contribution in [0.15, 0.2) is 24.3 Å². The number of hydrogen-bond acceptors (Lipinski definition) is 4. The lowest BCUT2D eigenvalue weighted by molar-refractivity contribution is 0.155. The molecule has 0 atom stereocenters. The summed E-state index contributed by atoms with van der Waals surface area (Å²) in [4.78, 5) is 12.7. The first-order chi connectivity index (χ1) is 9.08. The lowest BCUT2D eigenvalue weighted by atomic mass is 10.2. The Morgan fingerprint density at radius 1 is 1.42 bits per heavy atom. The zero-order chi connectivity index (χ0) is 13.8. The molecule has 0 spiro atoms. The zero-order valence-electron chi connectivity index (χ0n) is 10.6. The maximum Gasteiger partial charge on any atom is 0.412 e. The average Bonchev–Trinajstić information content (AvgIpc) is 2.70. The predicted molar refractivity (Wildman–Crippen MR) is 76.8 cm³/mol. The lowest BCUT2D eigenvalue weighted by Crippen LogP contribution is -2.14. The van der Waals surface area contributed by atoms with Gasteiger partial charge in [-0.25, -0.2) is 4.79 Å². The van der Waals surface area contributed by atoms with Crippen LogP contribution in [0.1, 0.15) is 16.1 Å². The number of anilines is 1. The van der Waals surface area contributed by atoms with Crippen molar-refractivity contribution in [3.63, 3.8) is 0 Å². The second kappa shape index (κ2) is 6.04. The van der Waals surface area contributed by atoms with Crippen LogP contribution < -0.4 is 5.32 Å². The molecule has 0 aliphatic heterocycles. The summed E-state index contributed by atoms with van der Waals surface area (Å²) in [5.41, 5.74) is 2.28. The molecule has 0 saturated heterocycles. The molecule has 6 heteroatoms. The van der Waals surface area contributed by atoms with E-state index in [1.165, 1.54) is 11.5 Å². The number of rotatable bonds is 3. The Morgan fingerprint density at radius 3 is 2.79 bits per heavy atom. The van der Waals surface area contributed by atoms with E-state index in [4.69, 9.17) is 16.3 Å². The Balaban J connectivity index is 1.94. The molecule has 0 unspecified atom stereocenters. The second-order valence-electron chi connectivity index (χ2n) is 3.99. The van der Waals surface area contributed by atoms with E-state index in [-0.39, 0.29) is 6.61 Å². The summed E-state index contributed by atoms with van der Waals surface area (Å²) < 4.78 is 9.29. The summed E-state index contributed by atoms with van der Waals surface area (Å²) in [6.45, 7) is 3.88. The second-order valence-corrected chi connectivity index (χ2v) is 5.38. The number of amides is 1. The van der Waals surface area contributed by atoms with Crippen LogP contribution in [0, 0.1) is 13.8 Å². The molecule has 0 saturated carbocycles. The minimum absolute atomic E-state index is 0.140. The third-order valence-corrected chi connectivity index (χ3v) is 3.79. The number of nitrogens with zero attached hydrogens (tertiary/aromatic N) is 1. The van der Waals surface area contributed by atoms with Gasteiger partial charge in [0.05, 0.1) is 11.4 Å². The maximum atomic E-state index is 11.7. The topological polar surface area (TPSA) is 51.2 Å². The molecule has 2 aromatic rings. The minimum atomic E-state index is -0.508. The Labute approximate surface area is 120 Å². The number of halogens is 1. The first-order valence-corrected chi connectivity index (χ1v) is 6.83. The summed E-state index contributed by atoms with van der Waals surface area (Å²) in [6, 6.07) is 7.25. The summed E-state index contributed by atoms with van der Waals surface area (Å²) in [6.07, 6.45) is -0.508. The van der Waals surface area contributed by atoms with Gasteiger partial charge in [0.25, 0.3) is 0 Å². The van der Waals surface area contributed by atoms with Crippen molar-refractivity contribution in [2.45, 2.75) is 20.5 Å². The van der Waals surface area contributed by atoms with Gasteiger partial charge >= 0.3 is 6.09 Å². The van der Waals surface area contributed by atoms with Crippen LogP contribution in [0.3, 0.4) is 0 Å². The predicted octanol–water partition coefficient (Wildman–Crippen LogP) is 4.16. The molecule has 4 nitrogen and oxygen atoms in total. The Bertz CT molecular complexity index is 579. The Morgan fingerprint density at radius 2 is 2.16 bits per heavy atom. The van der Waals surface area contributed by atoms with Gasteiger partial charge in [-0.05, 0) is 31.4 Å². The van der Waals surface area contributed by atoms with E-state index in [0.717, 1.165) is 16.1 Å². The van der Waals surface area contributed by atoms with Gasteiger partial charge in [-0.15, -0.1) is 0 Å². The van der Waals surface area contributed by atoms with Crippen molar-refractivity contribution in [2.24, 2.45) is 0 Å². The lowest BCUT2D eigenvalue weighted by Gasteiger charge is -2.08. The molecular weight excluding hydrogens is 284 g/mol. The van der Waals surface area contributed by atoms with Crippen LogP contribution in [0.2, 0.25) is 5.02 Å². The highest BCUT2D eigenvalue weighted by Gasteiger charge is 2.11. The average molecular weight is 297 g/mol. The maximum absolute atomic E-state index is 11.7. The summed E-state index contributed by atoms with van der Waals surface area (Å²) in [7, 11) is 0. The summed E-state index contributed by atoms with van der Waals surface area (Å²) in [5, 5.41) is 3.28. The Kier molecular flexibility index (Phi) is 4.39. The SMILES string of the molecule is Cc1nsc(C)c1NC(=O)OCc1ccccc1Cl. The van der Waals surface area contributed by atoms with Crippen LogP contribution in [-0.4, -0.2) is 10.5 Å². The van der Waals surface area contributed by atoms with Crippen molar-refractivity contribution in [3.05, 3.63) is 45.4 Å². The normalized spacial score (nSPS) is 10.3. The zero-order valence-corrected chi connectivity index (χ0v) is 12.1. The number of carbonyl (C=O) groups is 1. The fourth-order valence-corrected chi connectivity index (χ4v) is 2.40. The van der Waals surface area contributed by atoms with Gasteiger partial charge in [0.2, 0.25) is 0 Å². The number of aromatic nitrogens is 1. The number of benzene rings is 1. The number of hydrogen-bond donors (Lipinski definition) is 1. The Hall–Kier alpha value is -1.59. The quantitative estimate of drug-likeness (QED) is 0.925. The molecule has 1 aromatic carbocycles. The molecule has 0 bridgehead atoms. The molecular formula is C13H13ClN2O2S. The molecule has 2 rings (SSSR count). The van der Waals surface area contributed by atoms with E-state index in [0.29, 0.717) is 10.7 Å². The van der Waals surface area contributed by atoms with Crippen molar-refractivity contribution in [3.8, 4) is 0 Å². The van der Waals surface area contributed by atoms with E-state index >= 15 is 0 Å². The largest absolute Gasteiger partial charge is 0.444 e. The van der Waals surface area contributed by atoms with E-state index in [2.05, 4.69) is 9.69 Å². The van der Waals surface area contributed by atoms with Gasteiger partial charge < -0.3 is 4.74 Å². The van der Waals surface area contributed by atoms with E-state index in [9.17, 15) is 4.79 Å².